The SMILES string of the molecule is COc1ccc(OC)c(S(=O)(=O)N2CCC(Oc3cncc(N(C)C)n3)C2)c1. The minimum Gasteiger partial charge on any atom is -0.497 e. The average molecular weight is 408 g/mol. The Kier molecular flexibility index (Phi) is 5.90. The van der Waals surface area contributed by atoms with E-state index in [1.807, 2.05) is 19.0 Å². The molecule has 9 nitrogen and oxygen atoms in total. The predicted molar refractivity (Wildman–Crippen MR) is 104 cm³/mol. The van der Waals surface area contributed by atoms with Gasteiger partial charge in [-0.05, 0) is 18.6 Å². The van der Waals surface area contributed by atoms with Crippen LogP contribution in [0.1, 0.15) is 6.42 Å². The molecule has 1 aromatic heterocycles. The maximum absolute atomic E-state index is 13.1. The molecule has 0 saturated carbocycles. The number of rotatable bonds is 7. The molecule has 0 radical (unpaired) electrons. The van der Waals surface area contributed by atoms with E-state index in [0.717, 1.165) is 0 Å². The van der Waals surface area contributed by atoms with Gasteiger partial charge in [0.25, 0.3) is 0 Å². The second kappa shape index (κ2) is 8.19. The molecule has 0 spiro atoms. The van der Waals surface area contributed by atoms with E-state index in [-0.39, 0.29) is 23.3 Å². The van der Waals surface area contributed by atoms with Crippen LogP contribution in [0.5, 0.6) is 17.4 Å². The smallest absolute Gasteiger partial charge is 0.247 e. The molecule has 10 heteroatoms. The lowest BCUT2D eigenvalue weighted by atomic mass is 10.3. The van der Waals surface area contributed by atoms with Crippen LogP contribution in [0.4, 0.5) is 5.82 Å². The van der Waals surface area contributed by atoms with Gasteiger partial charge in [-0.15, -0.1) is 0 Å². The highest BCUT2D eigenvalue weighted by molar-refractivity contribution is 7.89. The molecule has 0 N–H and O–H groups in total. The summed E-state index contributed by atoms with van der Waals surface area (Å²) in [5.74, 6) is 1.76. The van der Waals surface area contributed by atoms with E-state index in [9.17, 15) is 8.42 Å². The Morgan fingerprint density at radius 1 is 1.18 bits per heavy atom. The molecule has 1 atom stereocenters. The zero-order chi connectivity index (χ0) is 20.3. The van der Waals surface area contributed by atoms with Crippen LogP contribution >= 0.6 is 0 Å². The molecule has 2 heterocycles. The van der Waals surface area contributed by atoms with Crippen LogP contribution in [0.2, 0.25) is 0 Å². The Morgan fingerprint density at radius 2 is 1.96 bits per heavy atom. The average Bonchev–Trinajstić information content (AvgIpc) is 3.17. The van der Waals surface area contributed by atoms with E-state index >= 15 is 0 Å². The Labute approximate surface area is 164 Å². The fourth-order valence-corrected chi connectivity index (χ4v) is 4.58. The molecular formula is C18H24N4O5S. The van der Waals surface area contributed by atoms with Crippen molar-refractivity contribution in [2.45, 2.75) is 17.4 Å². The van der Waals surface area contributed by atoms with Crippen molar-refractivity contribution >= 4 is 15.8 Å². The third kappa shape index (κ3) is 4.12. The monoisotopic (exact) mass is 408 g/mol. The van der Waals surface area contributed by atoms with Gasteiger partial charge in [0.05, 0.1) is 33.2 Å². The molecule has 1 fully saturated rings. The fraction of sp³-hybridized carbons (Fsp3) is 0.444. The van der Waals surface area contributed by atoms with Crippen LogP contribution in [0.15, 0.2) is 35.5 Å². The van der Waals surface area contributed by atoms with Gasteiger partial charge in [0, 0.05) is 26.7 Å². The van der Waals surface area contributed by atoms with Gasteiger partial charge in [-0.2, -0.15) is 9.29 Å². The number of hydrogen-bond donors (Lipinski definition) is 0. The zero-order valence-corrected chi connectivity index (χ0v) is 17.1. The van der Waals surface area contributed by atoms with Crippen molar-refractivity contribution < 1.29 is 22.6 Å². The summed E-state index contributed by atoms with van der Waals surface area (Å²) in [6.07, 6.45) is 3.40. The van der Waals surface area contributed by atoms with Crippen molar-refractivity contribution in [3.63, 3.8) is 0 Å². The number of methoxy groups -OCH3 is 2. The van der Waals surface area contributed by atoms with Crippen LogP contribution in [-0.2, 0) is 10.0 Å². The molecule has 1 aliphatic rings. The highest BCUT2D eigenvalue weighted by Crippen LogP contribution is 2.32. The summed E-state index contributed by atoms with van der Waals surface area (Å²) in [5, 5.41) is 0. The molecule has 1 aliphatic heterocycles. The van der Waals surface area contributed by atoms with Crippen molar-refractivity contribution in [2.24, 2.45) is 0 Å². The molecule has 1 aromatic carbocycles. The Hall–Kier alpha value is -2.59. The highest BCUT2D eigenvalue weighted by atomic mass is 32.2. The lowest BCUT2D eigenvalue weighted by Gasteiger charge is -2.19. The maximum atomic E-state index is 13.1. The third-order valence-corrected chi connectivity index (χ3v) is 6.33. The summed E-state index contributed by atoms with van der Waals surface area (Å²) in [6, 6.07) is 4.71. The van der Waals surface area contributed by atoms with E-state index < -0.39 is 10.0 Å². The number of anilines is 1. The van der Waals surface area contributed by atoms with E-state index in [2.05, 4.69) is 9.97 Å². The predicted octanol–water partition coefficient (Wildman–Crippen LogP) is 1.40. The molecule has 2 aromatic rings. The quantitative estimate of drug-likeness (QED) is 0.679. The van der Waals surface area contributed by atoms with E-state index in [4.69, 9.17) is 14.2 Å². The van der Waals surface area contributed by atoms with Crippen molar-refractivity contribution in [3.05, 3.63) is 30.6 Å². The molecular weight excluding hydrogens is 384 g/mol. The first-order valence-electron chi connectivity index (χ1n) is 8.73. The van der Waals surface area contributed by atoms with Crippen molar-refractivity contribution in [3.8, 4) is 17.4 Å². The van der Waals surface area contributed by atoms with Gasteiger partial charge in [0.1, 0.15) is 22.5 Å². The van der Waals surface area contributed by atoms with E-state index in [1.54, 1.807) is 18.3 Å². The first kappa shape index (κ1) is 20.2. The fourth-order valence-electron chi connectivity index (χ4n) is 2.92. The molecule has 1 saturated heterocycles. The van der Waals surface area contributed by atoms with Crippen molar-refractivity contribution in [2.75, 3.05) is 46.3 Å². The van der Waals surface area contributed by atoms with Crippen LogP contribution in [-0.4, -0.2) is 70.2 Å². The van der Waals surface area contributed by atoms with Crippen molar-refractivity contribution in [1.29, 1.82) is 0 Å². The van der Waals surface area contributed by atoms with Gasteiger partial charge < -0.3 is 19.1 Å². The Bertz CT molecular complexity index is 935. The van der Waals surface area contributed by atoms with Gasteiger partial charge in [-0.1, -0.05) is 0 Å². The number of sulfonamides is 1. The summed E-state index contributed by atoms with van der Waals surface area (Å²) < 4.78 is 43.9. The topological polar surface area (TPSA) is 94.1 Å². The molecule has 152 valence electrons. The van der Waals surface area contributed by atoms with E-state index in [0.29, 0.717) is 30.4 Å². The van der Waals surface area contributed by atoms with Crippen LogP contribution in [0.25, 0.3) is 0 Å². The summed E-state index contributed by atoms with van der Waals surface area (Å²) in [4.78, 5) is 10.4. The Balaban J connectivity index is 1.77. The zero-order valence-electron chi connectivity index (χ0n) is 16.3. The molecule has 3 rings (SSSR count). The first-order chi connectivity index (χ1) is 13.3. The summed E-state index contributed by atoms with van der Waals surface area (Å²) >= 11 is 0. The van der Waals surface area contributed by atoms with Crippen molar-refractivity contribution in [1.82, 2.24) is 14.3 Å². The summed E-state index contributed by atoms with van der Waals surface area (Å²) in [7, 11) is 2.89. The van der Waals surface area contributed by atoms with Gasteiger partial charge in [-0.25, -0.2) is 8.42 Å². The van der Waals surface area contributed by atoms with Crippen LogP contribution in [0, 0.1) is 0 Å². The van der Waals surface area contributed by atoms with Gasteiger partial charge in [0.2, 0.25) is 15.9 Å². The minimum atomic E-state index is -3.76. The number of benzene rings is 1. The summed E-state index contributed by atoms with van der Waals surface area (Å²) in [6.45, 7) is 0.560. The van der Waals surface area contributed by atoms with Gasteiger partial charge >= 0.3 is 0 Å². The molecule has 0 bridgehead atoms. The lowest BCUT2D eigenvalue weighted by molar-refractivity contribution is 0.206. The number of hydrogen-bond acceptors (Lipinski definition) is 8. The third-order valence-electron chi connectivity index (χ3n) is 4.44. The number of aromatic nitrogens is 2. The standard InChI is InChI=1S/C18H24N4O5S/c1-21(2)17-10-19-11-18(20-17)27-14-7-8-22(12-14)28(23,24)16-9-13(25-3)5-6-15(16)26-4/h5-6,9-11,14H,7-8,12H2,1-4H3. The van der Waals surface area contributed by atoms with Crippen LogP contribution < -0.4 is 19.1 Å². The minimum absolute atomic E-state index is 0.0735. The maximum Gasteiger partial charge on any atom is 0.247 e. The molecule has 0 aliphatic carbocycles. The van der Waals surface area contributed by atoms with Gasteiger partial charge in [-0.3, -0.25) is 4.98 Å². The second-order valence-electron chi connectivity index (χ2n) is 6.52. The van der Waals surface area contributed by atoms with Crippen LogP contribution in [0.3, 0.4) is 0 Å². The second-order valence-corrected chi connectivity index (χ2v) is 8.42. The summed E-state index contributed by atoms with van der Waals surface area (Å²) in [5.41, 5.74) is 0. The molecule has 0 amide bonds. The van der Waals surface area contributed by atoms with E-state index in [1.165, 1.54) is 30.8 Å². The number of ether oxygens (including phenoxy) is 3. The highest BCUT2D eigenvalue weighted by Gasteiger charge is 2.35. The molecule has 28 heavy (non-hydrogen) atoms. The number of nitrogens with zero attached hydrogens (tertiary/aromatic N) is 4. The Morgan fingerprint density at radius 3 is 2.64 bits per heavy atom. The first-order valence-corrected chi connectivity index (χ1v) is 10.2. The normalized spacial score (nSPS) is 17.4. The largest absolute Gasteiger partial charge is 0.497 e. The molecule has 1 unspecified atom stereocenters. The lowest BCUT2D eigenvalue weighted by Crippen LogP contribution is -2.31. The van der Waals surface area contributed by atoms with Gasteiger partial charge in [0.15, 0.2) is 5.82 Å².